The second-order valence-electron chi connectivity index (χ2n) is 7.47. The third-order valence-corrected chi connectivity index (χ3v) is 5.91. The molecule has 1 unspecified atom stereocenters. The summed E-state index contributed by atoms with van der Waals surface area (Å²) in [5.74, 6) is 0.899. The van der Waals surface area contributed by atoms with E-state index in [1.807, 2.05) is 18.3 Å². The molecule has 7 heteroatoms. The van der Waals surface area contributed by atoms with Crippen LogP contribution in [0, 0.1) is 0 Å². The van der Waals surface area contributed by atoms with Crippen LogP contribution in [0.3, 0.4) is 0 Å². The molecule has 1 atom stereocenters. The first-order valence-corrected chi connectivity index (χ1v) is 9.48. The van der Waals surface area contributed by atoms with Crippen LogP contribution >= 0.6 is 24.8 Å². The summed E-state index contributed by atoms with van der Waals surface area (Å²) in [4.78, 5) is 6.82. The molecular formula is C19H31Cl2N3O2. The number of rotatable bonds is 3. The molecule has 3 aliphatic heterocycles. The third kappa shape index (κ3) is 5.23. The van der Waals surface area contributed by atoms with Crippen molar-refractivity contribution in [3.05, 3.63) is 24.5 Å². The number of piperidine rings is 2. The Bertz CT molecular complexity index is 515. The van der Waals surface area contributed by atoms with Crippen LogP contribution in [0.1, 0.15) is 38.5 Å². The van der Waals surface area contributed by atoms with Crippen LogP contribution in [0.4, 0.5) is 0 Å². The molecule has 1 N–H and O–H groups in total. The van der Waals surface area contributed by atoms with Gasteiger partial charge in [0.2, 0.25) is 0 Å². The molecule has 1 aromatic heterocycles. The smallest absolute Gasteiger partial charge is 0.137 e. The maximum Gasteiger partial charge on any atom is 0.137 e. The van der Waals surface area contributed by atoms with E-state index in [9.17, 15) is 0 Å². The summed E-state index contributed by atoms with van der Waals surface area (Å²) in [5, 5.41) is 3.46. The molecule has 0 radical (unpaired) electrons. The molecule has 0 saturated carbocycles. The van der Waals surface area contributed by atoms with Crippen molar-refractivity contribution >= 4 is 24.8 Å². The molecule has 3 saturated heterocycles. The fourth-order valence-corrected chi connectivity index (χ4v) is 4.51. The highest BCUT2D eigenvalue weighted by atomic mass is 35.5. The van der Waals surface area contributed by atoms with E-state index in [-0.39, 0.29) is 30.4 Å². The van der Waals surface area contributed by atoms with Gasteiger partial charge in [-0.15, -0.1) is 24.8 Å². The molecule has 0 amide bonds. The van der Waals surface area contributed by atoms with Gasteiger partial charge in [0.05, 0.1) is 11.8 Å². The van der Waals surface area contributed by atoms with Crippen molar-refractivity contribution in [3.63, 3.8) is 0 Å². The van der Waals surface area contributed by atoms with E-state index in [0.29, 0.717) is 12.1 Å². The van der Waals surface area contributed by atoms with Crippen molar-refractivity contribution < 1.29 is 9.47 Å². The summed E-state index contributed by atoms with van der Waals surface area (Å²) in [6.07, 6.45) is 10.9. The molecule has 0 aromatic carbocycles. The molecule has 3 fully saturated rings. The first-order valence-electron chi connectivity index (χ1n) is 9.48. The highest BCUT2D eigenvalue weighted by Crippen LogP contribution is 2.36. The van der Waals surface area contributed by atoms with Gasteiger partial charge in [-0.05, 0) is 63.7 Å². The molecule has 0 aliphatic carbocycles. The van der Waals surface area contributed by atoms with Crippen molar-refractivity contribution in [2.75, 3.05) is 32.8 Å². The van der Waals surface area contributed by atoms with Crippen molar-refractivity contribution in [3.8, 4) is 5.75 Å². The van der Waals surface area contributed by atoms with Gasteiger partial charge in [-0.25, -0.2) is 0 Å². The van der Waals surface area contributed by atoms with E-state index in [2.05, 4.69) is 15.2 Å². The van der Waals surface area contributed by atoms with Gasteiger partial charge in [-0.3, -0.25) is 9.88 Å². The molecule has 0 bridgehead atoms. The lowest BCUT2D eigenvalue weighted by Gasteiger charge is -2.48. The van der Waals surface area contributed by atoms with E-state index in [1.165, 1.54) is 25.7 Å². The number of hydrogen-bond donors (Lipinski definition) is 1. The minimum atomic E-state index is 0. The maximum absolute atomic E-state index is 6.23. The number of pyridine rings is 1. The van der Waals surface area contributed by atoms with Gasteiger partial charge in [-0.2, -0.15) is 0 Å². The number of halogens is 2. The topological polar surface area (TPSA) is 46.6 Å². The molecule has 4 rings (SSSR count). The summed E-state index contributed by atoms with van der Waals surface area (Å²) in [6.45, 7) is 5.42. The van der Waals surface area contributed by atoms with Crippen molar-refractivity contribution in [2.45, 2.75) is 56.3 Å². The predicted octanol–water partition coefficient (Wildman–Crippen LogP) is 3.07. The first-order chi connectivity index (χ1) is 11.8. The van der Waals surface area contributed by atoms with E-state index in [0.717, 1.165) is 51.4 Å². The number of likely N-dealkylation sites (tertiary alicyclic amines) is 1. The van der Waals surface area contributed by atoms with E-state index >= 15 is 0 Å². The number of nitrogens with zero attached hydrogens (tertiary/aromatic N) is 2. The average Bonchev–Trinajstić information content (AvgIpc) is 2.64. The van der Waals surface area contributed by atoms with E-state index in [1.54, 1.807) is 6.20 Å². The fraction of sp³-hybridized carbons (Fsp3) is 0.737. The number of hydrogen-bond acceptors (Lipinski definition) is 5. The normalized spacial score (nSPS) is 26.5. The molecule has 4 heterocycles. The zero-order valence-corrected chi connectivity index (χ0v) is 16.9. The highest BCUT2D eigenvalue weighted by molar-refractivity contribution is 5.85. The summed E-state index contributed by atoms with van der Waals surface area (Å²) in [5.41, 5.74) is 0.150. The SMILES string of the molecule is Cl.Cl.c1cncc(OC2CCN(C3CCOC4(CCNCC4)C3)CC2)c1. The van der Waals surface area contributed by atoms with Crippen LogP contribution in [0.25, 0.3) is 0 Å². The molecule has 1 aromatic rings. The van der Waals surface area contributed by atoms with E-state index < -0.39 is 0 Å². The summed E-state index contributed by atoms with van der Waals surface area (Å²) in [7, 11) is 0. The van der Waals surface area contributed by atoms with Gasteiger partial charge in [0.1, 0.15) is 11.9 Å². The van der Waals surface area contributed by atoms with Gasteiger partial charge in [0, 0.05) is 31.9 Å². The Morgan fingerprint density at radius 3 is 2.62 bits per heavy atom. The lowest BCUT2D eigenvalue weighted by Crippen LogP contribution is -2.54. The first kappa shape index (κ1) is 21.7. The van der Waals surface area contributed by atoms with Crippen LogP contribution in [0.15, 0.2) is 24.5 Å². The molecule has 3 aliphatic rings. The average molecular weight is 404 g/mol. The minimum absolute atomic E-state index is 0. The zero-order valence-electron chi connectivity index (χ0n) is 15.3. The van der Waals surface area contributed by atoms with Gasteiger partial charge < -0.3 is 14.8 Å². The Balaban J connectivity index is 0.00000121. The summed E-state index contributed by atoms with van der Waals surface area (Å²) in [6, 6.07) is 4.63. The Hall–Kier alpha value is -0.590. The number of nitrogens with one attached hydrogen (secondary N) is 1. The summed E-state index contributed by atoms with van der Waals surface area (Å²) >= 11 is 0. The summed E-state index contributed by atoms with van der Waals surface area (Å²) < 4.78 is 12.3. The molecular weight excluding hydrogens is 373 g/mol. The molecule has 1 spiro atoms. The largest absolute Gasteiger partial charge is 0.489 e. The van der Waals surface area contributed by atoms with Crippen molar-refractivity contribution in [2.24, 2.45) is 0 Å². The van der Waals surface area contributed by atoms with Crippen LogP contribution < -0.4 is 10.1 Å². The van der Waals surface area contributed by atoms with Crippen LogP contribution in [0.5, 0.6) is 5.75 Å². The van der Waals surface area contributed by atoms with E-state index in [4.69, 9.17) is 9.47 Å². The molecule has 148 valence electrons. The van der Waals surface area contributed by atoms with Crippen LogP contribution in [-0.2, 0) is 4.74 Å². The lowest BCUT2D eigenvalue weighted by molar-refractivity contribution is -0.123. The number of ether oxygens (including phenoxy) is 2. The predicted molar refractivity (Wildman–Crippen MR) is 108 cm³/mol. The lowest BCUT2D eigenvalue weighted by atomic mass is 9.82. The Kier molecular flexibility index (Phi) is 8.42. The number of aromatic nitrogens is 1. The third-order valence-electron chi connectivity index (χ3n) is 5.91. The van der Waals surface area contributed by atoms with Gasteiger partial charge in [0.15, 0.2) is 0 Å². The molecule has 5 nitrogen and oxygen atoms in total. The second kappa shape index (κ2) is 10.1. The Morgan fingerprint density at radius 1 is 1.15 bits per heavy atom. The van der Waals surface area contributed by atoms with Gasteiger partial charge in [-0.1, -0.05) is 0 Å². The van der Waals surface area contributed by atoms with Crippen LogP contribution in [0.2, 0.25) is 0 Å². The van der Waals surface area contributed by atoms with Crippen molar-refractivity contribution in [1.82, 2.24) is 15.2 Å². The maximum atomic E-state index is 6.23. The Labute approximate surface area is 169 Å². The zero-order chi connectivity index (χ0) is 16.2. The quantitative estimate of drug-likeness (QED) is 0.839. The monoisotopic (exact) mass is 403 g/mol. The second-order valence-corrected chi connectivity index (χ2v) is 7.47. The minimum Gasteiger partial charge on any atom is -0.489 e. The highest BCUT2D eigenvalue weighted by Gasteiger charge is 2.40. The van der Waals surface area contributed by atoms with Gasteiger partial charge in [0.25, 0.3) is 0 Å². The fourth-order valence-electron chi connectivity index (χ4n) is 4.51. The standard InChI is InChI=1S/C19H29N3O2.2ClH/c1-2-18(15-21-8-1)24-17-3-11-22(12-4-17)16-5-13-23-19(14-16)6-9-20-10-7-19;;/h1-2,8,15-17,20H,3-7,9-14H2;2*1H. The van der Waals surface area contributed by atoms with Crippen molar-refractivity contribution in [1.29, 1.82) is 0 Å². The molecule has 26 heavy (non-hydrogen) atoms. The van der Waals surface area contributed by atoms with Crippen LogP contribution in [-0.4, -0.2) is 60.4 Å². The van der Waals surface area contributed by atoms with Gasteiger partial charge >= 0.3 is 0 Å². The Morgan fingerprint density at radius 2 is 1.92 bits per heavy atom.